The highest BCUT2D eigenvalue weighted by Crippen LogP contribution is 2.26. The van der Waals surface area contributed by atoms with Gasteiger partial charge < -0.3 is 15.4 Å². The van der Waals surface area contributed by atoms with E-state index in [0.29, 0.717) is 17.9 Å². The summed E-state index contributed by atoms with van der Waals surface area (Å²) in [5.41, 5.74) is 1.75. The van der Waals surface area contributed by atoms with Crippen molar-refractivity contribution in [1.82, 2.24) is 5.48 Å². The topological polar surface area (TPSA) is 61.4 Å². The van der Waals surface area contributed by atoms with Gasteiger partial charge in [-0.2, -0.15) is 0 Å². The maximum atomic E-state index is 11.8. The lowest BCUT2D eigenvalue weighted by molar-refractivity contribution is 0.0966. The quantitative estimate of drug-likeness (QED) is 0.428. The Morgan fingerprint density at radius 3 is 2.20 bits per heavy atom. The van der Waals surface area contributed by atoms with E-state index >= 15 is 0 Å². The molecule has 1 amide bonds. The number of nitrogens with one attached hydrogen (secondary N) is 1. The molecular weight excluding hydrogens is 314 g/mol. The first-order valence-electron chi connectivity index (χ1n) is 9.34. The lowest BCUT2D eigenvalue weighted by atomic mass is 10.1. The second kappa shape index (κ2) is 10.7. The highest BCUT2D eigenvalue weighted by Gasteiger charge is 2.11. The number of benzene rings is 2. The lowest BCUT2D eigenvalue weighted by Gasteiger charge is -2.14. The van der Waals surface area contributed by atoms with Crippen LogP contribution in [-0.2, 0) is 0 Å². The minimum absolute atomic E-state index is 0.299. The molecule has 4 nitrogen and oxygen atoms in total. The number of unbranched alkanes of at least 4 members (excludes halogenated alkanes) is 7. The van der Waals surface area contributed by atoms with Crippen molar-refractivity contribution in [1.29, 1.82) is 0 Å². The number of hydrogen-bond acceptors (Lipinski definition) is 3. The van der Waals surface area contributed by atoms with E-state index in [9.17, 15) is 10.0 Å². The molecule has 0 aromatic heterocycles. The van der Waals surface area contributed by atoms with Gasteiger partial charge in [-0.25, -0.2) is 0 Å². The van der Waals surface area contributed by atoms with E-state index in [1.54, 1.807) is 6.07 Å². The van der Waals surface area contributed by atoms with E-state index in [0.717, 1.165) is 23.6 Å². The smallest absolute Gasteiger partial charge is 0.244 e. The summed E-state index contributed by atoms with van der Waals surface area (Å²) in [5.74, 6) is -0.174. The van der Waals surface area contributed by atoms with Gasteiger partial charge in [-0.15, -0.1) is 0 Å². The second-order valence-corrected chi connectivity index (χ2v) is 6.45. The van der Waals surface area contributed by atoms with Crippen molar-refractivity contribution in [2.45, 2.75) is 58.3 Å². The molecule has 0 heterocycles. The minimum atomic E-state index is -0.656. The number of ether oxygens (including phenoxy) is 1. The zero-order valence-electron chi connectivity index (χ0n) is 15.1. The predicted octanol–water partition coefficient (Wildman–Crippen LogP) is 5.59. The van der Waals surface area contributed by atoms with Crippen LogP contribution in [0.1, 0.15) is 68.6 Å². The van der Waals surface area contributed by atoms with E-state index in [1.807, 2.05) is 30.3 Å². The summed E-state index contributed by atoms with van der Waals surface area (Å²) >= 11 is 0. The number of amides is 1. The monoisotopic (exact) mass is 342 g/mol. The zero-order chi connectivity index (χ0) is 17.9. The Morgan fingerprint density at radius 2 is 1.56 bits per heavy atom. The number of hydroxylamine groups is 1. The van der Waals surface area contributed by atoms with Gasteiger partial charge in [-0.1, -0.05) is 76.1 Å². The van der Waals surface area contributed by atoms with Crippen LogP contribution in [0, 0.1) is 5.21 Å². The summed E-state index contributed by atoms with van der Waals surface area (Å²) in [6.45, 7) is 2.79. The summed E-state index contributed by atoms with van der Waals surface area (Å²) in [5, 5.41) is 12.7. The Bertz CT molecular complexity index is 669. The number of fused-ring (bicyclic) bond motifs is 1. The third-order valence-corrected chi connectivity index (χ3v) is 4.44. The molecule has 0 spiro atoms. The SMILES string of the molecule is CCCCCCCCCCOc1cc2ccccc2cc1C(=O)N[O-]. The van der Waals surface area contributed by atoms with Gasteiger partial charge >= 0.3 is 0 Å². The van der Waals surface area contributed by atoms with Gasteiger partial charge in [0.2, 0.25) is 5.91 Å². The fourth-order valence-corrected chi connectivity index (χ4v) is 2.99. The van der Waals surface area contributed by atoms with E-state index in [4.69, 9.17) is 4.74 Å². The molecule has 0 saturated heterocycles. The van der Waals surface area contributed by atoms with Crippen LogP contribution in [0.5, 0.6) is 5.75 Å². The van der Waals surface area contributed by atoms with Crippen molar-refractivity contribution in [2.75, 3.05) is 6.61 Å². The van der Waals surface area contributed by atoms with E-state index in [2.05, 4.69) is 6.92 Å². The Hall–Kier alpha value is -2.07. The van der Waals surface area contributed by atoms with Crippen molar-refractivity contribution in [2.24, 2.45) is 0 Å². The molecule has 0 fully saturated rings. The summed E-state index contributed by atoms with van der Waals surface area (Å²) < 4.78 is 5.81. The first-order chi connectivity index (χ1) is 12.3. The van der Waals surface area contributed by atoms with E-state index < -0.39 is 5.91 Å². The van der Waals surface area contributed by atoms with Crippen LogP contribution in [0.15, 0.2) is 36.4 Å². The Morgan fingerprint density at radius 1 is 0.960 bits per heavy atom. The van der Waals surface area contributed by atoms with Crippen molar-refractivity contribution in [3.8, 4) is 5.75 Å². The molecule has 0 bridgehead atoms. The van der Waals surface area contributed by atoms with Gasteiger partial charge in [0, 0.05) is 0 Å². The average molecular weight is 342 g/mol. The molecule has 0 aliphatic carbocycles. The standard InChI is InChI=1S/C21H28NO3/c1-2-3-4-5-6-7-8-11-14-25-20-16-18-13-10-9-12-17(18)15-19(20)21(23)22-24/h9-10,12-13,15-16H,2-8,11,14H2,1H3,(H-,22,23,24)/q-1. The predicted molar refractivity (Wildman–Crippen MR) is 103 cm³/mol. The van der Waals surface area contributed by atoms with Crippen LogP contribution in [0.3, 0.4) is 0 Å². The average Bonchev–Trinajstić information content (AvgIpc) is 2.65. The van der Waals surface area contributed by atoms with Gasteiger partial charge in [-0.05, 0) is 29.3 Å². The third-order valence-electron chi connectivity index (χ3n) is 4.44. The van der Waals surface area contributed by atoms with Gasteiger partial charge in [0.05, 0.1) is 12.2 Å². The fraction of sp³-hybridized carbons (Fsp3) is 0.476. The summed E-state index contributed by atoms with van der Waals surface area (Å²) in [6, 6.07) is 11.3. The Kier molecular flexibility index (Phi) is 8.26. The summed E-state index contributed by atoms with van der Waals surface area (Å²) in [7, 11) is 0. The second-order valence-electron chi connectivity index (χ2n) is 6.45. The lowest BCUT2D eigenvalue weighted by Crippen LogP contribution is -2.17. The molecule has 0 radical (unpaired) electrons. The third kappa shape index (κ3) is 6.05. The number of carbonyl (C=O) groups is 1. The van der Waals surface area contributed by atoms with Crippen LogP contribution in [0.4, 0.5) is 0 Å². The first kappa shape index (κ1) is 19.3. The van der Waals surface area contributed by atoms with Crippen LogP contribution in [0.25, 0.3) is 10.8 Å². The van der Waals surface area contributed by atoms with Gasteiger partial charge in [0.15, 0.2) is 0 Å². The largest absolute Gasteiger partial charge is 0.759 e. The fourth-order valence-electron chi connectivity index (χ4n) is 2.99. The normalized spacial score (nSPS) is 10.8. The van der Waals surface area contributed by atoms with Gasteiger partial charge in [0.25, 0.3) is 0 Å². The Balaban J connectivity index is 1.86. The molecule has 136 valence electrons. The highest BCUT2D eigenvalue weighted by atomic mass is 16.5. The van der Waals surface area contributed by atoms with Gasteiger partial charge in [0.1, 0.15) is 5.75 Å². The van der Waals surface area contributed by atoms with Crippen molar-refractivity contribution in [3.05, 3.63) is 47.2 Å². The van der Waals surface area contributed by atoms with Crippen molar-refractivity contribution < 1.29 is 9.53 Å². The molecule has 0 aliphatic heterocycles. The molecule has 1 N–H and O–H groups in total. The first-order valence-corrected chi connectivity index (χ1v) is 9.34. The van der Waals surface area contributed by atoms with E-state index in [1.165, 1.54) is 44.0 Å². The number of carbonyl (C=O) groups excluding carboxylic acids is 1. The van der Waals surface area contributed by atoms with Crippen molar-refractivity contribution in [3.63, 3.8) is 0 Å². The molecule has 0 unspecified atom stereocenters. The molecular formula is C21H28NO3-. The molecule has 2 rings (SSSR count). The van der Waals surface area contributed by atoms with Gasteiger partial charge in [-0.3, -0.25) is 4.79 Å². The number of hydrogen-bond donors (Lipinski definition) is 1. The molecule has 0 saturated carbocycles. The Labute approximate surface area is 150 Å². The van der Waals surface area contributed by atoms with Crippen LogP contribution >= 0.6 is 0 Å². The summed E-state index contributed by atoms with van der Waals surface area (Å²) in [6.07, 6.45) is 9.83. The number of rotatable bonds is 11. The molecule has 2 aromatic rings. The molecule has 2 aromatic carbocycles. The molecule has 25 heavy (non-hydrogen) atoms. The minimum Gasteiger partial charge on any atom is -0.759 e. The van der Waals surface area contributed by atoms with Crippen molar-refractivity contribution >= 4 is 16.7 Å². The van der Waals surface area contributed by atoms with Crippen LogP contribution in [0.2, 0.25) is 0 Å². The zero-order valence-corrected chi connectivity index (χ0v) is 15.1. The maximum absolute atomic E-state index is 11.8. The highest BCUT2D eigenvalue weighted by molar-refractivity contribution is 6.01. The molecule has 0 atom stereocenters. The van der Waals surface area contributed by atoms with Crippen LogP contribution < -0.4 is 10.2 Å². The maximum Gasteiger partial charge on any atom is 0.244 e. The molecule has 4 heteroatoms. The van der Waals surface area contributed by atoms with Crippen LogP contribution in [-0.4, -0.2) is 12.5 Å². The van der Waals surface area contributed by atoms with E-state index in [-0.39, 0.29) is 0 Å². The summed E-state index contributed by atoms with van der Waals surface area (Å²) in [4.78, 5) is 11.8. The molecule has 0 aliphatic rings.